The highest BCUT2D eigenvalue weighted by Gasteiger charge is 2.02. The molecule has 0 saturated carbocycles. The summed E-state index contributed by atoms with van der Waals surface area (Å²) in [4.78, 5) is 10.6. The number of imidazole rings is 1. The van der Waals surface area contributed by atoms with Crippen LogP contribution in [0.2, 0.25) is 0 Å². The van der Waals surface area contributed by atoms with Gasteiger partial charge in [0.1, 0.15) is 11.0 Å². The van der Waals surface area contributed by atoms with E-state index in [0.717, 1.165) is 0 Å². The van der Waals surface area contributed by atoms with E-state index in [-0.39, 0.29) is 5.49 Å². The van der Waals surface area contributed by atoms with E-state index in [9.17, 15) is 0 Å². The number of rotatable bonds is 1. The fourth-order valence-electron chi connectivity index (χ4n) is 1.02. The van der Waals surface area contributed by atoms with Gasteiger partial charge in [-0.25, -0.2) is 15.2 Å². The van der Waals surface area contributed by atoms with Crippen molar-refractivity contribution in [3.05, 3.63) is 18.1 Å². The van der Waals surface area contributed by atoms with Crippen molar-refractivity contribution in [1.29, 1.82) is 10.7 Å². The van der Waals surface area contributed by atoms with Crippen LogP contribution in [0.5, 0.6) is 0 Å². The van der Waals surface area contributed by atoms with Crippen LogP contribution in [-0.4, -0.2) is 26.8 Å². The van der Waals surface area contributed by atoms with E-state index >= 15 is 0 Å². The Morgan fingerprint density at radius 2 is 2.46 bits per heavy atom. The Morgan fingerprint density at radius 1 is 1.62 bits per heavy atom. The van der Waals surface area contributed by atoms with Gasteiger partial charge in [0.15, 0.2) is 5.65 Å². The molecule has 2 aromatic rings. The Bertz CT molecular complexity index is 532. The molecule has 6 nitrogen and oxygen atoms in total. The lowest BCUT2D eigenvalue weighted by molar-refractivity contribution is 0.988. The molecule has 0 bridgehead atoms. The van der Waals surface area contributed by atoms with Crippen molar-refractivity contribution in [2.75, 3.05) is 0 Å². The lowest BCUT2D eigenvalue weighted by Crippen LogP contribution is -2.24. The van der Waals surface area contributed by atoms with Gasteiger partial charge in [0.2, 0.25) is 0 Å². The third-order valence-corrected chi connectivity index (χ3v) is 1.62. The molecule has 0 fully saturated rings. The molecule has 0 aliphatic carbocycles. The number of nitrogens with one attached hydrogen (secondary N) is 2. The molecule has 13 heavy (non-hydrogen) atoms. The second-order valence-electron chi connectivity index (χ2n) is 2.36. The first-order valence-electron chi connectivity index (χ1n) is 3.50. The molecule has 7 heteroatoms. The normalized spacial score (nSPS) is 9.77. The minimum absolute atomic E-state index is 0.170. The average molecular weight is 171 g/mol. The largest absolute Gasteiger partial charge is 0.393 e. The van der Waals surface area contributed by atoms with Crippen LogP contribution in [0.25, 0.3) is 11.2 Å². The fourth-order valence-corrected chi connectivity index (χ4v) is 1.02. The summed E-state index contributed by atoms with van der Waals surface area (Å²) in [7, 11) is 1.20. The Balaban J connectivity index is 2.75. The molecule has 0 saturated heterocycles. The maximum absolute atomic E-state index is 8.40. The smallest absolute Gasteiger partial charge is 0.349 e. The molecule has 2 N–H and O–H groups in total. The summed E-state index contributed by atoms with van der Waals surface area (Å²) >= 11 is 0. The van der Waals surface area contributed by atoms with Crippen molar-refractivity contribution in [1.82, 2.24) is 19.4 Å². The van der Waals surface area contributed by atoms with E-state index in [1.54, 1.807) is 0 Å². The zero-order valence-electron chi connectivity index (χ0n) is 6.52. The first kappa shape index (κ1) is 7.55. The highest BCUT2D eigenvalue weighted by molar-refractivity contribution is 6.43. The number of H-pyrrole nitrogens is 1. The van der Waals surface area contributed by atoms with Gasteiger partial charge >= 0.3 is 7.41 Å². The van der Waals surface area contributed by atoms with E-state index in [1.807, 2.05) is 5.97 Å². The molecule has 0 aromatic carbocycles. The van der Waals surface area contributed by atoms with Crippen LogP contribution in [0.4, 0.5) is 0 Å². The quantitative estimate of drug-likeness (QED) is 0.549. The van der Waals surface area contributed by atoms with Crippen LogP contribution < -0.4 is 5.49 Å². The first-order chi connectivity index (χ1) is 6.33. The van der Waals surface area contributed by atoms with Crippen LogP contribution >= 0.6 is 0 Å². The van der Waals surface area contributed by atoms with E-state index in [1.165, 1.54) is 24.5 Å². The van der Waals surface area contributed by atoms with Gasteiger partial charge in [-0.3, -0.25) is 5.41 Å². The summed E-state index contributed by atoms with van der Waals surface area (Å²) in [5.41, 5.74) is 1.17. The second kappa shape index (κ2) is 2.75. The van der Waals surface area contributed by atoms with E-state index in [4.69, 9.17) is 10.7 Å². The summed E-state index contributed by atoms with van der Waals surface area (Å²) in [6.07, 6.45) is 2.85. The molecule has 0 aliphatic rings. The van der Waals surface area contributed by atoms with Gasteiger partial charge in [0.25, 0.3) is 0 Å². The predicted molar refractivity (Wildman–Crippen MR) is 44.5 cm³/mol. The summed E-state index contributed by atoms with van der Waals surface area (Å²) in [5.74, 6) is 1.83. The van der Waals surface area contributed by atoms with Gasteiger partial charge < -0.3 is 9.46 Å². The third-order valence-electron chi connectivity index (χ3n) is 1.62. The van der Waals surface area contributed by atoms with Gasteiger partial charge in [-0.05, 0) is 0 Å². The van der Waals surface area contributed by atoms with E-state index < -0.39 is 0 Å². The minimum atomic E-state index is 0.170. The summed E-state index contributed by atoms with van der Waals surface area (Å²) in [5, 5.41) is 16.0. The topological polar surface area (TPSA) is 94.1 Å². The zero-order valence-corrected chi connectivity index (χ0v) is 6.52. The second-order valence-corrected chi connectivity index (χ2v) is 2.36. The summed E-state index contributed by atoms with van der Waals surface area (Å²) in [6.45, 7) is 0. The van der Waals surface area contributed by atoms with Gasteiger partial charge in [-0.2, -0.15) is 0 Å². The van der Waals surface area contributed by atoms with Crippen LogP contribution in [-0.2, 0) is 0 Å². The Labute approximate surface area is 73.6 Å². The molecule has 0 amide bonds. The molecular formula is C6H4BN6. The number of hydrogen-bond acceptors (Lipinski definition) is 4. The summed E-state index contributed by atoms with van der Waals surface area (Å²) < 4.78 is 1.32. The van der Waals surface area contributed by atoms with E-state index in [0.29, 0.717) is 11.2 Å². The Hall–Kier alpha value is -2.10. The number of hydrogen-bond donors (Lipinski definition) is 2. The van der Waals surface area contributed by atoms with Crippen LogP contribution in [0, 0.1) is 16.6 Å². The molecule has 0 spiro atoms. The maximum Gasteiger partial charge on any atom is 0.393 e. The Morgan fingerprint density at radius 3 is 3.23 bits per heavy atom. The van der Waals surface area contributed by atoms with Crippen LogP contribution in [0.1, 0.15) is 0 Å². The fraction of sp³-hybridized carbons (Fsp3) is 0. The number of fused-ring (bicyclic) bond motifs is 1. The van der Waals surface area contributed by atoms with E-state index in [2.05, 4.69) is 15.0 Å². The van der Waals surface area contributed by atoms with Gasteiger partial charge in [0, 0.05) is 5.97 Å². The maximum atomic E-state index is 8.40. The molecule has 61 valence electrons. The average Bonchev–Trinajstić information content (AvgIpc) is 2.58. The molecule has 0 atom stereocenters. The van der Waals surface area contributed by atoms with Gasteiger partial charge in [0.05, 0.1) is 12.7 Å². The summed E-state index contributed by atoms with van der Waals surface area (Å²) in [6, 6.07) is 0. The number of aromatic amines is 1. The Kier molecular flexibility index (Phi) is 1.60. The molecule has 2 rings (SSSR count). The van der Waals surface area contributed by atoms with Crippen molar-refractivity contribution in [3.8, 4) is 5.97 Å². The van der Waals surface area contributed by atoms with Crippen molar-refractivity contribution in [2.45, 2.75) is 0 Å². The molecule has 0 aliphatic heterocycles. The standard InChI is InChI=1S/C6H4BN6/c8-1-7-13-3-12-6-4(5(13)9)10-2-11-6/h2-3,9H,(H,10,11). The highest BCUT2D eigenvalue weighted by atomic mass is 15.0. The van der Waals surface area contributed by atoms with Crippen LogP contribution in [0.15, 0.2) is 12.7 Å². The SMILES string of the molecule is N#C[B]n1cnc2nc[nH]c2c1=N. The molecular weight excluding hydrogens is 167 g/mol. The van der Waals surface area contributed by atoms with Crippen molar-refractivity contribution >= 4 is 18.6 Å². The zero-order chi connectivity index (χ0) is 9.26. The van der Waals surface area contributed by atoms with Crippen LogP contribution in [0.3, 0.4) is 0 Å². The van der Waals surface area contributed by atoms with Gasteiger partial charge in [-0.1, -0.05) is 0 Å². The molecule has 2 heterocycles. The molecule has 0 unspecified atom stereocenters. The minimum Gasteiger partial charge on any atom is -0.349 e. The number of nitrogens with zero attached hydrogens (tertiary/aromatic N) is 4. The van der Waals surface area contributed by atoms with Crippen molar-refractivity contribution < 1.29 is 0 Å². The first-order valence-corrected chi connectivity index (χ1v) is 3.50. The molecule has 1 radical (unpaired) electrons. The predicted octanol–water partition coefficient (Wildman–Crippen LogP) is -0.813. The lowest BCUT2D eigenvalue weighted by Gasteiger charge is -1.97. The number of aromatic nitrogens is 4. The van der Waals surface area contributed by atoms with Crippen molar-refractivity contribution in [3.63, 3.8) is 0 Å². The molecule has 2 aromatic heterocycles. The lowest BCUT2D eigenvalue weighted by atomic mass is 9.98. The van der Waals surface area contributed by atoms with Crippen molar-refractivity contribution in [2.24, 2.45) is 0 Å². The monoisotopic (exact) mass is 171 g/mol. The van der Waals surface area contributed by atoms with Gasteiger partial charge in [-0.15, -0.1) is 0 Å². The third kappa shape index (κ3) is 1.08. The number of nitriles is 1. The highest BCUT2D eigenvalue weighted by Crippen LogP contribution is 1.96.